The van der Waals surface area contributed by atoms with Gasteiger partial charge in [0, 0.05) is 18.2 Å². The van der Waals surface area contributed by atoms with E-state index in [9.17, 15) is 9.59 Å². The molecule has 1 aromatic rings. The quantitative estimate of drug-likeness (QED) is 0.869. The zero-order chi connectivity index (χ0) is 14.1. The van der Waals surface area contributed by atoms with E-state index in [1.54, 1.807) is 12.1 Å². The number of nitrogens with zero attached hydrogens (tertiary/aromatic N) is 1. The maximum Gasteiger partial charge on any atom is 0.335 e. The molecule has 2 N–H and O–H groups in total. The molecule has 1 atom stereocenters. The molecule has 20 heavy (non-hydrogen) atoms. The van der Waals surface area contributed by atoms with Crippen LogP contribution < -0.4 is 5.32 Å². The molecular weight excluding hydrogens is 256 g/mol. The molecule has 3 aliphatic heterocycles. The first kappa shape index (κ1) is 13.1. The molecule has 0 saturated carbocycles. The maximum absolute atomic E-state index is 12.2. The van der Waals surface area contributed by atoms with Crippen molar-refractivity contribution in [2.24, 2.45) is 5.92 Å². The van der Waals surface area contributed by atoms with Crippen molar-refractivity contribution in [2.75, 3.05) is 19.6 Å². The number of benzene rings is 1. The van der Waals surface area contributed by atoms with Gasteiger partial charge in [-0.15, -0.1) is 0 Å². The predicted octanol–water partition coefficient (Wildman–Crippen LogP) is 1.21. The van der Waals surface area contributed by atoms with Gasteiger partial charge in [-0.3, -0.25) is 4.79 Å². The first-order valence-corrected chi connectivity index (χ1v) is 7.00. The highest BCUT2D eigenvalue weighted by atomic mass is 16.4. The van der Waals surface area contributed by atoms with Crippen molar-refractivity contribution in [1.29, 1.82) is 0 Å². The third-order valence-electron chi connectivity index (χ3n) is 4.37. The van der Waals surface area contributed by atoms with E-state index in [1.807, 2.05) is 0 Å². The fourth-order valence-corrected chi connectivity index (χ4v) is 3.14. The number of aromatic carboxylic acids is 1. The number of piperidine rings is 3. The molecule has 3 saturated heterocycles. The Morgan fingerprint density at radius 2 is 1.70 bits per heavy atom. The van der Waals surface area contributed by atoms with Crippen LogP contribution in [0.3, 0.4) is 0 Å². The standard InChI is InChI=1S/C15H18N2O3/c18-14(11-1-3-12(4-2-11)15(19)20)16-13-9-17-7-5-10(13)6-8-17/h1-4,10,13H,5-9H2,(H,16,18)(H,19,20). The summed E-state index contributed by atoms with van der Waals surface area (Å²) in [6, 6.07) is 6.30. The highest BCUT2D eigenvalue weighted by Gasteiger charge is 2.34. The minimum atomic E-state index is -0.977. The molecule has 1 unspecified atom stereocenters. The molecule has 3 heterocycles. The van der Waals surface area contributed by atoms with E-state index >= 15 is 0 Å². The number of hydrogen-bond acceptors (Lipinski definition) is 3. The van der Waals surface area contributed by atoms with Crippen molar-refractivity contribution in [2.45, 2.75) is 18.9 Å². The number of carboxylic acids is 1. The molecule has 106 valence electrons. The summed E-state index contributed by atoms with van der Waals surface area (Å²) in [6.07, 6.45) is 2.31. The van der Waals surface area contributed by atoms with E-state index in [1.165, 1.54) is 12.1 Å². The van der Waals surface area contributed by atoms with Crippen molar-refractivity contribution in [3.8, 4) is 0 Å². The average molecular weight is 274 g/mol. The van der Waals surface area contributed by atoms with Gasteiger partial charge in [-0.2, -0.15) is 0 Å². The molecule has 1 amide bonds. The summed E-state index contributed by atoms with van der Waals surface area (Å²) in [7, 11) is 0. The zero-order valence-electron chi connectivity index (χ0n) is 11.2. The highest BCUT2D eigenvalue weighted by molar-refractivity contribution is 5.96. The smallest absolute Gasteiger partial charge is 0.335 e. The Balaban J connectivity index is 1.65. The maximum atomic E-state index is 12.2. The van der Waals surface area contributed by atoms with E-state index in [-0.39, 0.29) is 17.5 Å². The molecule has 3 fully saturated rings. The molecule has 1 aromatic carbocycles. The number of carboxylic acid groups (broad SMARTS) is 1. The van der Waals surface area contributed by atoms with Gasteiger partial charge in [0.15, 0.2) is 0 Å². The number of nitrogens with one attached hydrogen (secondary N) is 1. The summed E-state index contributed by atoms with van der Waals surface area (Å²) in [5, 5.41) is 11.9. The number of carbonyl (C=O) groups is 2. The second-order valence-electron chi connectivity index (χ2n) is 5.60. The summed E-state index contributed by atoms with van der Waals surface area (Å²) < 4.78 is 0. The van der Waals surface area contributed by atoms with Crippen molar-refractivity contribution in [1.82, 2.24) is 10.2 Å². The second kappa shape index (κ2) is 5.25. The molecule has 3 aliphatic rings. The first-order chi connectivity index (χ1) is 9.63. The number of amides is 1. The lowest BCUT2D eigenvalue weighted by Crippen LogP contribution is -2.57. The van der Waals surface area contributed by atoms with Crippen molar-refractivity contribution < 1.29 is 14.7 Å². The van der Waals surface area contributed by atoms with E-state index in [0.717, 1.165) is 32.5 Å². The van der Waals surface area contributed by atoms with Gasteiger partial charge in [0.05, 0.1) is 5.56 Å². The largest absolute Gasteiger partial charge is 0.478 e. The van der Waals surface area contributed by atoms with Crippen LogP contribution in [0, 0.1) is 5.92 Å². The Hall–Kier alpha value is -1.88. The first-order valence-electron chi connectivity index (χ1n) is 7.00. The van der Waals surface area contributed by atoms with Crippen LogP contribution >= 0.6 is 0 Å². The van der Waals surface area contributed by atoms with Gasteiger partial charge in [0.25, 0.3) is 5.91 Å². The Morgan fingerprint density at radius 3 is 2.20 bits per heavy atom. The van der Waals surface area contributed by atoms with Crippen LogP contribution in [-0.4, -0.2) is 47.6 Å². The summed E-state index contributed by atoms with van der Waals surface area (Å²) in [6.45, 7) is 3.22. The molecule has 0 aromatic heterocycles. The van der Waals surface area contributed by atoms with Gasteiger partial charge in [0.1, 0.15) is 0 Å². The van der Waals surface area contributed by atoms with Gasteiger partial charge in [0.2, 0.25) is 0 Å². The third-order valence-corrected chi connectivity index (χ3v) is 4.37. The SMILES string of the molecule is O=C(O)c1ccc(C(=O)NC2CN3CCC2CC3)cc1. The topological polar surface area (TPSA) is 69.6 Å². The van der Waals surface area contributed by atoms with Gasteiger partial charge in [-0.25, -0.2) is 4.79 Å². The normalized spacial score (nSPS) is 28.1. The minimum absolute atomic E-state index is 0.110. The van der Waals surface area contributed by atoms with Gasteiger partial charge >= 0.3 is 5.97 Å². The van der Waals surface area contributed by atoms with Crippen LogP contribution in [0.5, 0.6) is 0 Å². The third kappa shape index (κ3) is 2.54. The average Bonchev–Trinajstić information content (AvgIpc) is 2.48. The monoisotopic (exact) mass is 274 g/mol. The Labute approximate surface area is 117 Å². The van der Waals surface area contributed by atoms with E-state index in [0.29, 0.717) is 11.5 Å². The number of hydrogen-bond donors (Lipinski definition) is 2. The van der Waals surface area contributed by atoms with E-state index in [4.69, 9.17) is 5.11 Å². The summed E-state index contributed by atoms with van der Waals surface area (Å²) >= 11 is 0. The highest BCUT2D eigenvalue weighted by Crippen LogP contribution is 2.27. The molecule has 0 radical (unpaired) electrons. The van der Waals surface area contributed by atoms with Crippen LogP contribution in [0.1, 0.15) is 33.6 Å². The Morgan fingerprint density at radius 1 is 1.10 bits per heavy atom. The second-order valence-corrected chi connectivity index (χ2v) is 5.60. The molecule has 0 aliphatic carbocycles. The van der Waals surface area contributed by atoms with Gasteiger partial charge < -0.3 is 15.3 Å². The lowest BCUT2D eigenvalue weighted by molar-refractivity contribution is 0.0619. The van der Waals surface area contributed by atoms with E-state index in [2.05, 4.69) is 10.2 Å². The Bertz CT molecular complexity index is 518. The molecule has 5 heteroatoms. The molecule has 4 rings (SSSR count). The van der Waals surface area contributed by atoms with Crippen LogP contribution in [0.2, 0.25) is 0 Å². The summed E-state index contributed by atoms with van der Waals surface area (Å²) in [5.74, 6) is -0.503. The Kier molecular flexibility index (Phi) is 3.44. The van der Waals surface area contributed by atoms with Crippen LogP contribution in [0.4, 0.5) is 0 Å². The zero-order valence-corrected chi connectivity index (χ0v) is 11.2. The number of fused-ring (bicyclic) bond motifs is 3. The van der Waals surface area contributed by atoms with Crippen molar-refractivity contribution in [3.05, 3.63) is 35.4 Å². The number of carbonyl (C=O) groups excluding carboxylic acids is 1. The van der Waals surface area contributed by atoms with E-state index < -0.39 is 5.97 Å². The fourth-order valence-electron chi connectivity index (χ4n) is 3.14. The van der Waals surface area contributed by atoms with Crippen molar-refractivity contribution >= 4 is 11.9 Å². The van der Waals surface area contributed by atoms with Gasteiger partial charge in [-0.1, -0.05) is 0 Å². The summed E-state index contributed by atoms with van der Waals surface area (Å²) in [5.41, 5.74) is 0.718. The summed E-state index contributed by atoms with van der Waals surface area (Å²) in [4.78, 5) is 25.4. The van der Waals surface area contributed by atoms with Crippen molar-refractivity contribution in [3.63, 3.8) is 0 Å². The van der Waals surface area contributed by atoms with Crippen LogP contribution in [0.25, 0.3) is 0 Å². The lowest BCUT2D eigenvalue weighted by Gasteiger charge is -2.44. The molecule has 0 spiro atoms. The number of rotatable bonds is 3. The molecule has 2 bridgehead atoms. The minimum Gasteiger partial charge on any atom is -0.478 e. The lowest BCUT2D eigenvalue weighted by atomic mass is 9.84. The predicted molar refractivity (Wildman–Crippen MR) is 73.8 cm³/mol. The van der Waals surface area contributed by atoms with Crippen LogP contribution in [-0.2, 0) is 0 Å². The molecular formula is C15H18N2O3. The molecule has 5 nitrogen and oxygen atoms in total. The van der Waals surface area contributed by atoms with Crippen LogP contribution in [0.15, 0.2) is 24.3 Å². The fraction of sp³-hybridized carbons (Fsp3) is 0.467. The van der Waals surface area contributed by atoms with Gasteiger partial charge in [-0.05, 0) is 56.1 Å².